The number of nitrogens with zero attached hydrogens (tertiary/aromatic N) is 1. The Bertz CT molecular complexity index is 482. The minimum atomic E-state index is -4.35. The van der Waals surface area contributed by atoms with Crippen LogP contribution in [0.5, 0.6) is 5.75 Å². The van der Waals surface area contributed by atoms with E-state index >= 15 is 0 Å². The van der Waals surface area contributed by atoms with Gasteiger partial charge in [0.2, 0.25) is 0 Å². The first kappa shape index (κ1) is 11.9. The summed E-state index contributed by atoms with van der Waals surface area (Å²) in [6.07, 6.45) is -2.73. The Morgan fingerprint density at radius 3 is 2.76 bits per heavy atom. The Labute approximate surface area is 99.7 Å². The maximum Gasteiger partial charge on any atom is 0.416 e. The first-order chi connectivity index (χ1) is 8.05. The molecule has 0 bridgehead atoms. The van der Waals surface area contributed by atoms with Gasteiger partial charge in [0.05, 0.1) is 5.56 Å². The maximum absolute atomic E-state index is 12.4. The van der Waals surface area contributed by atoms with Crippen LogP contribution in [0.15, 0.2) is 35.8 Å². The average molecular weight is 259 g/mol. The molecule has 2 aromatic rings. The number of rotatable bonds is 3. The van der Waals surface area contributed by atoms with Crippen molar-refractivity contribution in [3.8, 4) is 5.75 Å². The lowest BCUT2D eigenvalue weighted by Crippen LogP contribution is -2.05. The number of hydrogen-bond donors (Lipinski definition) is 0. The molecule has 1 aromatic heterocycles. The van der Waals surface area contributed by atoms with E-state index in [0.29, 0.717) is 0 Å². The van der Waals surface area contributed by atoms with E-state index in [1.807, 2.05) is 0 Å². The van der Waals surface area contributed by atoms with Crippen molar-refractivity contribution in [1.29, 1.82) is 0 Å². The third-order valence-corrected chi connectivity index (χ3v) is 2.76. The highest BCUT2D eigenvalue weighted by atomic mass is 32.1. The lowest BCUT2D eigenvalue weighted by molar-refractivity contribution is -0.137. The summed E-state index contributed by atoms with van der Waals surface area (Å²) in [5.74, 6) is 0.190. The molecule has 0 radical (unpaired) electrons. The molecule has 0 saturated carbocycles. The van der Waals surface area contributed by atoms with Crippen LogP contribution < -0.4 is 4.74 Å². The van der Waals surface area contributed by atoms with Crippen LogP contribution >= 0.6 is 11.3 Å². The van der Waals surface area contributed by atoms with Crippen LogP contribution in [0.1, 0.15) is 10.6 Å². The van der Waals surface area contributed by atoms with Gasteiger partial charge in [-0.3, -0.25) is 0 Å². The van der Waals surface area contributed by atoms with Gasteiger partial charge in [0, 0.05) is 11.6 Å². The zero-order valence-corrected chi connectivity index (χ0v) is 9.39. The number of thiazole rings is 1. The lowest BCUT2D eigenvalue weighted by atomic mass is 10.2. The summed E-state index contributed by atoms with van der Waals surface area (Å²) in [5, 5.41) is 2.51. The summed E-state index contributed by atoms with van der Waals surface area (Å²) in [6.45, 7) is 0.180. The van der Waals surface area contributed by atoms with Crippen LogP contribution in [0.25, 0.3) is 0 Å². The van der Waals surface area contributed by atoms with Gasteiger partial charge in [-0.25, -0.2) is 4.98 Å². The number of aromatic nitrogens is 1. The molecule has 0 amide bonds. The zero-order chi connectivity index (χ0) is 12.3. The molecule has 0 fully saturated rings. The van der Waals surface area contributed by atoms with Crippen molar-refractivity contribution in [3.05, 3.63) is 46.4 Å². The van der Waals surface area contributed by atoms with Gasteiger partial charge in [-0.05, 0) is 18.2 Å². The van der Waals surface area contributed by atoms with Crippen molar-refractivity contribution in [2.24, 2.45) is 0 Å². The minimum Gasteiger partial charge on any atom is -0.486 e. The molecule has 0 spiro atoms. The Morgan fingerprint density at radius 1 is 1.29 bits per heavy atom. The van der Waals surface area contributed by atoms with Gasteiger partial charge in [-0.2, -0.15) is 13.2 Å². The van der Waals surface area contributed by atoms with Crippen molar-refractivity contribution in [2.75, 3.05) is 0 Å². The molecule has 0 unspecified atom stereocenters. The van der Waals surface area contributed by atoms with E-state index in [1.54, 1.807) is 11.6 Å². The molecule has 6 heteroatoms. The van der Waals surface area contributed by atoms with E-state index in [1.165, 1.54) is 23.5 Å². The predicted octanol–water partition coefficient (Wildman–Crippen LogP) is 3.74. The van der Waals surface area contributed by atoms with E-state index in [2.05, 4.69) is 4.98 Å². The number of hydrogen-bond acceptors (Lipinski definition) is 3. The molecule has 2 rings (SSSR count). The SMILES string of the molecule is FC(F)(F)c1cccc(OCc2nccs2)c1. The third kappa shape index (κ3) is 3.20. The summed E-state index contributed by atoms with van der Waals surface area (Å²) >= 11 is 1.39. The normalized spacial score (nSPS) is 11.5. The third-order valence-electron chi connectivity index (χ3n) is 2.01. The molecule has 0 atom stereocenters. The summed E-state index contributed by atoms with van der Waals surface area (Å²) in [7, 11) is 0. The van der Waals surface area contributed by atoms with E-state index in [0.717, 1.165) is 17.1 Å². The van der Waals surface area contributed by atoms with E-state index in [4.69, 9.17) is 4.74 Å². The van der Waals surface area contributed by atoms with Gasteiger partial charge in [-0.15, -0.1) is 11.3 Å². The fourth-order valence-electron chi connectivity index (χ4n) is 1.23. The van der Waals surface area contributed by atoms with Crippen LogP contribution in [0.2, 0.25) is 0 Å². The van der Waals surface area contributed by atoms with Gasteiger partial charge in [-0.1, -0.05) is 6.07 Å². The van der Waals surface area contributed by atoms with Gasteiger partial charge in [0.25, 0.3) is 0 Å². The standard InChI is InChI=1S/C11H8F3NOS/c12-11(13,14)8-2-1-3-9(6-8)16-7-10-15-4-5-17-10/h1-6H,7H2. The van der Waals surface area contributed by atoms with Crippen molar-refractivity contribution in [1.82, 2.24) is 4.98 Å². The predicted molar refractivity (Wildman–Crippen MR) is 57.9 cm³/mol. The fraction of sp³-hybridized carbons (Fsp3) is 0.182. The molecule has 2 nitrogen and oxygen atoms in total. The van der Waals surface area contributed by atoms with Crippen molar-refractivity contribution in [3.63, 3.8) is 0 Å². The van der Waals surface area contributed by atoms with Gasteiger partial charge >= 0.3 is 6.18 Å². The molecule has 17 heavy (non-hydrogen) atoms. The summed E-state index contributed by atoms with van der Waals surface area (Å²) in [6, 6.07) is 4.80. The van der Waals surface area contributed by atoms with Gasteiger partial charge in [0.1, 0.15) is 17.4 Å². The average Bonchev–Trinajstić information content (AvgIpc) is 2.78. The van der Waals surface area contributed by atoms with Gasteiger partial charge in [0.15, 0.2) is 0 Å². The topological polar surface area (TPSA) is 22.1 Å². The Hall–Kier alpha value is -1.56. The summed E-state index contributed by atoms with van der Waals surface area (Å²) < 4.78 is 42.5. The molecule has 0 aliphatic heterocycles. The molecule has 90 valence electrons. The number of alkyl halides is 3. The van der Waals surface area contributed by atoms with Gasteiger partial charge < -0.3 is 4.74 Å². The first-order valence-electron chi connectivity index (χ1n) is 4.74. The highest BCUT2D eigenvalue weighted by Crippen LogP contribution is 2.31. The highest BCUT2D eigenvalue weighted by molar-refractivity contribution is 7.09. The molecular formula is C11H8F3NOS. The van der Waals surface area contributed by atoms with E-state index < -0.39 is 11.7 Å². The number of benzene rings is 1. The second kappa shape index (κ2) is 4.75. The van der Waals surface area contributed by atoms with E-state index in [9.17, 15) is 13.2 Å². The smallest absolute Gasteiger partial charge is 0.416 e. The van der Waals surface area contributed by atoms with E-state index in [-0.39, 0.29) is 12.4 Å². The summed E-state index contributed by atoms with van der Waals surface area (Å²) in [4.78, 5) is 3.97. The monoisotopic (exact) mass is 259 g/mol. The van der Waals surface area contributed by atoms with Crippen LogP contribution in [-0.2, 0) is 12.8 Å². The van der Waals surface area contributed by atoms with Crippen molar-refractivity contribution in [2.45, 2.75) is 12.8 Å². The van der Waals surface area contributed by atoms with Crippen LogP contribution in [0, 0.1) is 0 Å². The minimum absolute atomic E-state index is 0.180. The Kier molecular flexibility index (Phi) is 3.33. The zero-order valence-electron chi connectivity index (χ0n) is 8.57. The molecule has 0 N–H and O–H groups in total. The Balaban J connectivity index is 2.07. The number of halogens is 3. The quantitative estimate of drug-likeness (QED) is 0.837. The molecule has 0 saturated heterocycles. The molecule has 0 aliphatic carbocycles. The molecular weight excluding hydrogens is 251 g/mol. The Morgan fingerprint density at radius 2 is 2.12 bits per heavy atom. The highest BCUT2D eigenvalue weighted by Gasteiger charge is 2.30. The first-order valence-corrected chi connectivity index (χ1v) is 5.62. The maximum atomic E-state index is 12.4. The van der Waals surface area contributed by atoms with Crippen molar-refractivity contribution >= 4 is 11.3 Å². The molecule has 1 aromatic carbocycles. The van der Waals surface area contributed by atoms with Crippen molar-refractivity contribution < 1.29 is 17.9 Å². The molecule has 0 aliphatic rings. The second-order valence-corrected chi connectivity index (χ2v) is 4.22. The summed E-state index contributed by atoms with van der Waals surface area (Å²) in [5.41, 5.74) is -0.714. The lowest BCUT2D eigenvalue weighted by Gasteiger charge is -2.09. The number of ether oxygens (including phenoxy) is 1. The van der Waals surface area contributed by atoms with Crippen LogP contribution in [-0.4, -0.2) is 4.98 Å². The molecule has 1 heterocycles. The van der Waals surface area contributed by atoms with Crippen LogP contribution in [0.4, 0.5) is 13.2 Å². The van der Waals surface area contributed by atoms with Crippen LogP contribution in [0.3, 0.4) is 0 Å². The fourth-order valence-corrected chi connectivity index (χ4v) is 1.76. The second-order valence-electron chi connectivity index (χ2n) is 3.24. The largest absolute Gasteiger partial charge is 0.486 e.